The molecule has 0 saturated carbocycles. The Balaban J connectivity index is 1.04. The maximum absolute atomic E-state index is 12.1. The number of aryl methyl sites for hydroxylation is 1. The number of piperazine rings is 1. The van der Waals surface area contributed by atoms with Crippen LogP contribution in [0.1, 0.15) is 109 Å². The normalized spacial score (nSPS) is 14.9. The molecular formula is C38H55Cl2N3O4. The summed E-state index contributed by atoms with van der Waals surface area (Å²) in [5, 5.41) is 1.25. The lowest BCUT2D eigenvalue weighted by Crippen LogP contribution is -2.46. The number of carbonyl (C=O) groups is 1. The molecule has 0 aromatic heterocycles. The monoisotopic (exact) mass is 687 g/mol. The van der Waals surface area contributed by atoms with E-state index < -0.39 is 0 Å². The van der Waals surface area contributed by atoms with Crippen LogP contribution in [0.4, 0.5) is 11.4 Å². The topological polar surface area (TPSA) is 63.6 Å². The molecule has 47 heavy (non-hydrogen) atoms. The van der Waals surface area contributed by atoms with E-state index in [1.54, 1.807) is 0 Å². The number of benzene rings is 2. The molecule has 0 atom stereocenters. The molecule has 4 rings (SSSR count). The van der Waals surface area contributed by atoms with Gasteiger partial charge in [0.25, 0.3) is 0 Å². The Kier molecular flexibility index (Phi) is 17.1. The first-order valence-corrected chi connectivity index (χ1v) is 18.8. The smallest absolute Gasteiger partial charge is 0.308 e. The second-order valence-electron chi connectivity index (χ2n) is 12.8. The summed E-state index contributed by atoms with van der Waals surface area (Å²) >= 11 is 12.6. The molecule has 2 aromatic carbocycles. The Hall–Kier alpha value is -2.48. The van der Waals surface area contributed by atoms with E-state index >= 15 is 0 Å². The summed E-state index contributed by atoms with van der Waals surface area (Å²) in [5.74, 6) is 1.23. The van der Waals surface area contributed by atoms with Crippen molar-refractivity contribution in [3.8, 4) is 5.75 Å². The lowest BCUT2D eigenvalue weighted by molar-refractivity contribution is -0.151. The number of anilines is 1. The molecule has 0 radical (unpaired) electrons. The van der Waals surface area contributed by atoms with E-state index in [2.05, 4.69) is 27.8 Å². The van der Waals surface area contributed by atoms with Crippen LogP contribution in [0.25, 0.3) is 0 Å². The fraction of sp³-hybridized carbons (Fsp3) is 0.632. The van der Waals surface area contributed by atoms with Crippen molar-refractivity contribution in [2.45, 2.75) is 110 Å². The zero-order chi connectivity index (χ0) is 33.1. The maximum Gasteiger partial charge on any atom is 0.308 e. The van der Waals surface area contributed by atoms with Crippen LogP contribution in [-0.2, 0) is 20.7 Å². The van der Waals surface area contributed by atoms with Gasteiger partial charge in [-0.15, -0.1) is 0 Å². The lowest BCUT2D eigenvalue weighted by atomic mass is 10.0. The molecule has 2 aromatic rings. The predicted molar refractivity (Wildman–Crippen MR) is 195 cm³/mol. The highest BCUT2D eigenvalue weighted by molar-refractivity contribution is 6.43. The maximum atomic E-state index is 12.1. The first kappa shape index (κ1) is 37.3. The Morgan fingerprint density at radius 3 is 2.28 bits per heavy atom. The molecule has 260 valence electrons. The number of fused-ring (bicyclic) bond motifs is 1. The van der Waals surface area contributed by atoms with Gasteiger partial charge in [0.15, 0.2) is 5.90 Å². The number of ether oxygens (including phenoxy) is 3. The molecule has 0 spiro atoms. The van der Waals surface area contributed by atoms with Gasteiger partial charge < -0.3 is 19.1 Å². The Bertz CT molecular complexity index is 1250. The minimum Gasteiger partial charge on any atom is -0.494 e. The molecule has 7 nitrogen and oxygen atoms in total. The number of hydrogen-bond acceptors (Lipinski definition) is 7. The van der Waals surface area contributed by atoms with E-state index in [0.29, 0.717) is 35.4 Å². The van der Waals surface area contributed by atoms with Crippen molar-refractivity contribution in [2.75, 3.05) is 51.0 Å². The third-order valence-corrected chi connectivity index (χ3v) is 9.93. The number of hydrogen-bond donors (Lipinski definition) is 0. The van der Waals surface area contributed by atoms with Crippen LogP contribution in [0.2, 0.25) is 10.0 Å². The number of rotatable bonds is 21. The largest absolute Gasteiger partial charge is 0.494 e. The number of unbranched alkanes of at least 4 members (excludes halogenated alkanes) is 11. The molecule has 0 N–H and O–H groups in total. The van der Waals surface area contributed by atoms with Crippen molar-refractivity contribution in [3.63, 3.8) is 0 Å². The van der Waals surface area contributed by atoms with Gasteiger partial charge in [-0.2, -0.15) is 0 Å². The van der Waals surface area contributed by atoms with Crippen molar-refractivity contribution in [3.05, 3.63) is 52.0 Å². The number of halogens is 2. The average molecular weight is 689 g/mol. The summed E-state index contributed by atoms with van der Waals surface area (Å²) in [6, 6.07) is 11.9. The second-order valence-corrected chi connectivity index (χ2v) is 13.6. The van der Waals surface area contributed by atoms with Gasteiger partial charge in [0.1, 0.15) is 5.75 Å². The highest BCUT2D eigenvalue weighted by atomic mass is 35.5. The molecule has 0 unspecified atom stereocenters. The third kappa shape index (κ3) is 13.5. The molecule has 2 aliphatic rings. The Labute approximate surface area is 292 Å². The van der Waals surface area contributed by atoms with Crippen LogP contribution >= 0.6 is 23.2 Å². The highest BCUT2D eigenvalue weighted by Gasteiger charge is 2.20. The van der Waals surface area contributed by atoms with Crippen LogP contribution in [-0.4, -0.2) is 62.9 Å². The molecule has 2 aliphatic heterocycles. The number of esters is 1. The first-order chi connectivity index (χ1) is 23.0. The van der Waals surface area contributed by atoms with E-state index in [1.165, 1.54) is 63.4 Å². The van der Waals surface area contributed by atoms with E-state index in [4.69, 9.17) is 37.4 Å². The lowest BCUT2D eigenvalue weighted by Gasteiger charge is -2.36. The summed E-state index contributed by atoms with van der Waals surface area (Å²) < 4.78 is 17.1. The van der Waals surface area contributed by atoms with Gasteiger partial charge in [0.2, 0.25) is 6.79 Å². The molecule has 0 bridgehead atoms. The van der Waals surface area contributed by atoms with Crippen LogP contribution in [0.3, 0.4) is 0 Å². The summed E-state index contributed by atoms with van der Waals surface area (Å²) in [4.78, 5) is 21.6. The predicted octanol–water partition coefficient (Wildman–Crippen LogP) is 10.2. The van der Waals surface area contributed by atoms with Gasteiger partial charge >= 0.3 is 5.97 Å². The van der Waals surface area contributed by atoms with E-state index in [0.717, 1.165) is 82.0 Å². The van der Waals surface area contributed by atoms with E-state index in [-0.39, 0.29) is 12.8 Å². The number of aliphatic imine (C=N–C) groups is 1. The van der Waals surface area contributed by atoms with Gasteiger partial charge in [0, 0.05) is 45.1 Å². The summed E-state index contributed by atoms with van der Waals surface area (Å²) in [6.45, 7) is 7.81. The number of nitrogens with zero attached hydrogens (tertiary/aromatic N) is 3. The van der Waals surface area contributed by atoms with Gasteiger partial charge in [0.05, 0.1) is 28.0 Å². The average Bonchev–Trinajstić information content (AvgIpc) is 3.08. The van der Waals surface area contributed by atoms with E-state index in [1.807, 2.05) is 30.3 Å². The fourth-order valence-electron chi connectivity index (χ4n) is 6.23. The van der Waals surface area contributed by atoms with Gasteiger partial charge in [-0.05, 0) is 56.0 Å². The SMILES string of the molecule is CCCCCCCCCCCCCC(=O)OCOC1=Nc2cc(OCCCCN3CCN(c4cccc(Cl)c4Cl)CC3)ccc2CC1. The minimum absolute atomic E-state index is 0.0787. The zero-order valence-electron chi connectivity index (χ0n) is 28.5. The quantitative estimate of drug-likeness (QED) is 0.0739. The Morgan fingerprint density at radius 1 is 0.809 bits per heavy atom. The van der Waals surface area contributed by atoms with Crippen molar-refractivity contribution in [1.29, 1.82) is 0 Å². The number of carbonyl (C=O) groups excluding carboxylic acids is 1. The summed E-state index contributed by atoms with van der Waals surface area (Å²) in [6.07, 6.45) is 17.9. The molecule has 2 heterocycles. The summed E-state index contributed by atoms with van der Waals surface area (Å²) in [5.41, 5.74) is 3.07. The van der Waals surface area contributed by atoms with Crippen molar-refractivity contribution >= 4 is 46.4 Å². The standard InChI is InChI=1S/C38H55Cl2N3O4/c1-2-3-4-5-6-7-8-9-10-11-12-18-37(44)47-30-46-36-22-20-31-19-21-32(29-34(31)41-36)45-28-14-13-23-42-24-26-43(27-25-42)35-17-15-16-33(39)38(35)40/h15-17,19,21,29H,2-14,18,20,22-28,30H2,1H3. The van der Waals surface area contributed by atoms with Crippen LogP contribution < -0.4 is 9.64 Å². The molecule has 9 heteroatoms. The van der Waals surface area contributed by atoms with Crippen molar-refractivity contribution < 1.29 is 19.0 Å². The molecular weight excluding hydrogens is 633 g/mol. The fourth-order valence-corrected chi connectivity index (χ4v) is 6.65. The van der Waals surface area contributed by atoms with Gasteiger partial charge in [-0.1, -0.05) is 106 Å². The molecule has 0 amide bonds. The zero-order valence-corrected chi connectivity index (χ0v) is 30.0. The van der Waals surface area contributed by atoms with Crippen molar-refractivity contribution in [2.24, 2.45) is 4.99 Å². The van der Waals surface area contributed by atoms with Gasteiger partial charge in [-0.3, -0.25) is 9.69 Å². The third-order valence-electron chi connectivity index (χ3n) is 9.12. The highest BCUT2D eigenvalue weighted by Crippen LogP contribution is 2.33. The van der Waals surface area contributed by atoms with Crippen LogP contribution in [0.5, 0.6) is 5.75 Å². The molecule has 0 aliphatic carbocycles. The van der Waals surface area contributed by atoms with E-state index in [9.17, 15) is 4.79 Å². The second kappa shape index (κ2) is 21.5. The van der Waals surface area contributed by atoms with Crippen molar-refractivity contribution in [1.82, 2.24) is 4.90 Å². The minimum atomic E-state index is -0.196. The van der Waals surface area contributed by atoms with Crippen LogP contribution in [0, 0.1) is 0 Å². The molecule has 1 saturated heterocycles. The Morgan fingerprint density at radius 2 is 1.53 bits per heavy atom. The first-order valence-electron chi connectivity index (χ1n) is 18.1. The van der Waals surface area contributed by atoms with Crippen LogP contribution in [0.15, 0.2) is 41.4 Å². The molecule has 1 fully saturated rings. The summed E-state index contributed by atoms with van der Waals surface area (Å²) in [7, 11) is 0. The van der Waals surface area contributed by atoms with Gasteiger partial charge in [-0.25, -0.2) is 4.99 Å².